The molecule has 1 aliphatic rings. The van der Waals surface area contributed by atoms with E-state index in [1.54, 1.807) is 0 Å². The van der Waals surface area contributed by atoms with Crippen LogP contribution in [0.15, 0.2) is 0 Å². The second-order valence-electron chi connectivity index (χ2n) is 8.16. The van der Waals surface area contributed by atoms with Crippen LogP contribution in [0.5, 0.6) is 0 Å². The van der Waals surface area contributed by atoms with E-state index in [4.69, 9.17) is 5.11 Å². The highest BCUT2D eigenvalue weighted by molar-refractivity contribution is 5.74. The summed E-state index contributed by atoms with van der Waals surface area (Å²) >= 11 is 0. The first kappa shape index (κ1) is 23.0. The lowest BCUT2D eigenvalue weighted by molar-refractivity contribution is -0.139. The van der Waals surface area contributed by atoms with Crippen molar-refractivity contribution in [1.82, 2.24) is 0 Å². The van der Waals surface area contributed by atoms with Gasteiger partial charge in [-0.15, -0.1) is 0 Å². The largest absolute Gasteiger partial charge is 0.481 e. The zero-order valence-corrected chi connectivity index (χ0v) is 16.8. The fourth-order valence-corrected chi connectivity index (χ4v) is 4.30. The Labute approximate surface area is 159 Å². The predicted molar refractivity (Wildman–Crippen MR) is 105 cm³/mol. The van der Waals surface area contributed by atoms with Crippen molar-refractivity contribution >= 4 is 11.9 Å². The molecule has 0 heterocycles. The van der Waals surface area contributed by atoms with Crippen LogP contribution < -0.4 is 0 Å². The zero-order valence-electron chi connectivity index (χ0n) is 16.8. The van der Waals surface area contributed by atoms with E-state index >= 15 is 0 Å². The Bertz CT molecular complexity index is 394. The number of aliphatic carboxylic acids is 2. The van der Waals surface area contributed by atoms with Gasteiger partial charge >= 0.3 is 11.9 Å². The maximum Gasteiger partial charge on any atom is 0.307 e. The SMILES string of the molecule is CCCCCCCCCCC1C(CCCCCCCC(=O)O)C1C(=O)O. The van der Waals surface area contributed by atoms with Gasteiger partial charge in [0.15, 0.2) is 0 Å². The molecule has 1 fully saturated rings. The van der Waals surface area contributed by atoms with Gasteiger partial charge in [-0.1, -0.05) is 84.0 Å². The Kier molecular flexibility index (Phi) is 12.4. The van der Waals surface area contributed by atoms with Gasteiger partial charge in [0, 0.05) is 6.42 Å². The van der Waals surface area contributed by atoms with E-state index in [9.17, 15) is 14.7 Å². The average molecular weight is 369 g/mol. The normalized spacial score (nSPS) is 21.7. The van der Waals surface area contributed by atoms with E-state index in [-0.39, 0.29) is 12.3 Å². The van der Waals surface area contributed by atoms with Crippen LogP contribution in [0.25, 0.3) is 0 Å². The Balaban J connectivity index is 2.02. The van der Waals surface area contributed by atoms with Gasteiger partial charge in [-0.25, -0.2) is 0 Å². The maximum atomic E-state index is 11.4. The maximum absolute atomic E-state index is 11.4. The van der Waals surface area contributed by atoms with Crippen molar-refractivity contribution in [1.29, 1.82) is 0 Å². The molecule has 1 aliphatic carbocycles. The molecule has 0 aromatic heterocycles. The quantitative estimate of drug-likeness (QED) is 0.279. The second kappa shape index (κ2) is 14.1. The van der Waals surface area contributed by atoms with Crippen LogP contribution in [0.2, 0.25) is 0 Å². The molecule has 0 aliphatic heterocycles. The Morgan fingerprint density at radius 3 is 1.50 bits per heavy atom. The standard InChI is InChI=1S/C22H40O4/c1-2-3-4-5-6-7-9-12-15-18-19(21(18)22(25)26)16-13-10-8-11-14-17-20(23)24/h18-19,21H,2-17H2,1H3,(H,23,24)(H,25,26). The third kappa shape index (κ3) is 10.2. The van der Waals surface area contributed by atoms with Crippen LogP contribution in [0, 0.1) is 17.8 Å². The van der Waals surface area contributed by atoms with Crippen LogP contribution >= 0.6 is 0 Å². The highest BCUT2D eigenvalue weighted by Gasteiger charge is 2.53. The number of carbonyl (C=O) groups is 2. The van der Waals surface area contributed by atoms with Gasteiger partial charge in [-0.05, 0) is 31.1 Å². The Morgan fingerprint density at radius 2 is 1.08 bits per heavy atom. The molecule has 0 bridgehead atoms. The number of carboxylic acids is 2. The summed E-state index contributed by atoms with van der Waals surface area (Å²) in [4.78, 5) is 21.9. The smallest absolute Gasteiger partial charge is 0.307 e. The van der Waals surface area contributed by atoms with Crippen molar-refractivity contribution in [3.63, 3.8) is 0 Å². The molecular formula is C22H40O4. The van der Waals surface area contributed by atoms with Crippen molar-refractivity contribution in [2.24, 2.45) is 17.8 Å². The van der Waals surface area contributed by atoms with E-state index in [2.05, 4.69) is 6.92 Å². The minimum atomic E-state index is -0.712. The van der Waals surface area contributed by atoms with Crippen molar-refractivity contribution < 1.29 is 19.8 Å². The summed E-state index contributed by atoms with van der Waals surface area (Å²) in [7, 11) is 0. The summed E-state index contributed by atoms with van der Waals surface area (Å²) in [5.74, 6) is -0.584. The van der Waals surface area contributed by atoms with Gasteiger partial charge in [0.05, 0.1) is 5.92 Å². The van der Waals surface area contributed by atoms with Gasteiger partial charge < -0.3 is 10.2 Å². The number of hydrogen-bond acceptors (Lipinski definition) is 2. The van der Waals surface area contributed by atoms with E-state index in [0.717, 1.165) is 44.9 Å². The van der Waals surface area contributed by atoms with Crippen molar-refractivity contribution in [3.8, 4) is 0 Å². The lowest BCUT2D eigenvalue weighted by Gasteiger charge is -2.03. The first-order valence-electron chi connectivity index (χ1n) is 11.0. The summed E-state index contributed by atoms with van der Waals surface area (Å²) in [6.45, 7) is 2.24. The first-order chi connectivity index (χ1) is 12.6. The van der Waals surface area contributed by atoms with E-state index in [1.807, 2.05) is 0 Å². The lowest BCUT2D eigenvalue weighted by atomic mass is 10.0. The molecule has 0 aromatic carbocycles. The molecule has 0 aromatic rings. The lowest BCUT2D eigenvalue weighted by Crippen LogP contribution is -2.00. The molecule has 4 heteroatoms. The average Bonchev–Trinajstić information content (AvgIpc) is 3.29. The van der Waals surface area contributed by atoms with Gasteiger partial charge in [0.2, 0.25) is 0 Å². The molecular weight excluding hydrogens is 328 g/mol. The van der Waals surface area contributed by atoms with Crippen molar-refractivity contribution in [2.45, 2.75) is 110 Å². The van der Waals surface area contributed by atoms with E-state index in [0.29, 0.717) is 11.8 Å². The summed E-state index contributed by atoms with van der Waals surface area (Å²) in [6, 6.07) is 0. The van der Waals surface area contributed by atoms with Crippen LogP contribution in [0.3, 0.4) is 0 Å². The molecule has 26 heavy (non-hydrogen) atoms. The van der Waals surface area contributed by atoms with E-state index < -0.39 is 11.9 Å². The molecule has 2 N–H and O–H groups in total. The second-order valence-corrected chi connectivity index (χ2v) is 8.16. The van der Waals surface area contributed by atoms with Gasteiger partial charge in [0.25, 0.3) is 0 Å². The fourth-order valence-electron chi connectivity index (χ4n) is 4.30. The summed E-state index contributed by atoms with van der Waals surface area (Å²) in [6.07, 6.45) is 17.8. The van der Waals surface area contributed by atoms with Crippen LogP contribution in [-0.2, 0) is 9.59 Å². The molecule has 3 atom stereocenters. The molecule has 0 radical (unpaired) electrons. The number of unbranched alkanes of at least 4 members (excludes halogenated alkanes) is 11. The summed E-state index contributed by atoms with van der Waals surface area (Å²) < 4.78 is 0. The number of rotatable bonds is 18. The first-order valence-corrected chi connectivity index (χ1v) is 11.0. The Morgan fingerprint density at radius 1 is 0.654 bits per heavy atom. The third-order valence-electron chi connectivity index (χ3n) is 5.94. The fraction of sp³-hybridized carbons (Fsp3) is 0.909. The van der Waals surface area contributed by atoms with Gasteiger partial charge in [-0.3, -0.25) is 9.59 Å². The molecule has 0 amide bonds. The highest BCUT2D eigenvalue weighted by Crippen LogP contribution is 2.52. The summed E-state index contributed by atoms with van der Waals surface area (Å²) in [5.41, 5.74) is 0. The molecule has 3 unspecified atom stereocenters. The third-order valence-corrected chi connectivity index (χ3v) is 5.94. The molecule has 152 valence electrons. The molecule has 4 nitrogen and oxygen atoms in total. The molecule has 1 rings (SSSR count). The van der Waals surface area contributed by atoms with Crippen molar-refractivity contribution in [2.75, 3.05) is 0 Å². The minimum absolute atomic E-state index is 0.0911. The monoisotopic (exact) mass is 368 g/mol. The molecule has 0 spiro atoms. The predicted octanol–water partition coefficient (Wildman–Crippen LogP) is 6.28. The van der Waals surface area contributed by atoms with Crippen molar-refractivity contribution in [3.05, 3.63) is 0 Å². The minimum Gasteiger partial charge on any atom is -0.481 e. The summed E-state index contributed by atoms with van der Waals surface area (Å²) in [5, 5.41) is 18.0. The van der Waals surface area contributed by atoms with Gasteiger partial charge in [0.1, 0.15) is 0 Å². The van der Waals surface area contributed by atoms with Crippen LogP contribution in [0.1, 0.15) is 110 Å². The molecule has 1 saturated carbocycles. The van der Waals surface area contributed by atoms with Gasteiger partial charge in [-0.2, -0.15) is 0 Å². The number of carboxylic acid groups (broad SMARTS) is 2. The number of hydrogen-bond donors (Lipinski definition) is 2. The van der Waals surface area contributed by atoms with Crippen LogP contribution in [-0.4, -0.2) is 22.2 Å². The molecule has 0 saturated heterocycles. The Hall–Kier alpha value is -1.06. The topological polar surface area (TPSA) is 74.6 Å². The van der Waals surface area contributed by atoms with Crippen LogP contribution in [0.4, 0.5) is 0 Å². The zero-order chi connectivity index (χ0) is 19.2. The highest BCUT2D eigenvalue weighted by atomic mass is 16.4. The van der Waals surface area contributed by atoms with E-state index in [1.165, 1.54) is 51.4 Å².